The molecule has 0 aromatic carbocycles. The van der Waals surface area contributed by atoms with Crippen molar-refractivity contribution in [1.29, 1.82) is 0 Å². The lowest BCUT2D eigenvalue weighted by atomic mass is 9.94. The average Bonchev–Trinajstić information content (AvgIpc) is 2.24. The van der Waals surface area contributed by atoms with Crippen molar-refractivity contribution in [3.05, 3.63) is 12.2 Å². The van der Waals surface area contributed by atoms with E-state index in [1.807, 2.05) is 12.2 Å². The van der Waals surface area contributed by atoms with E-state index < -0.39 is 10.9 Å². The van der Waals surface area contributed by atoms with Crippen LogP contribution in [0, 0.1) is 5.92 Å². The van der Waals surface area contributed by atoms with Crippen LogP contribution in [0.15, 0.2) is 12.2 Å². The van der Waals surface area contributed by atoms with Crippen LogP contribution in [-0.2, 0) is 10.9 Å². The van der Waals surface area contributed by atoms with Crippen LogP contribution < -0.4 is 0 Å². The molecule has 0 radical (unpaired) electrons. The summed E-state index contributed by atoms with van der Waals surface area (Å²) >= 11 is 0. The highest BCUT2D eigenvalue weighted by Gasteiger charge is 2.36. The predicted octanol–water partition coefficient (Wildman–Crippen LogP) is 0.552. The molecule has 2 aliphatic heterocycles. The highest BCUT2D eigenvalue weighted by atomic mass is 32.2. The average molecular weight is 187 g/mol. The molecule has 4 heteroatoms. The van der Waals surface area contributed by atoms with E-state index in [9.17, 15) is 8.42 Å². The van der Waals surface area contributed by atoms with Crippen molar-refractivity contribution >= 4 is 10.9 Å². The maximum absolute atomic E-state index is 10.8. The highest BCUT2D eigenvalue weighted by molar-refractivity contribution is 7.69. The second kappa shape index (κ2) is 2.85. The Morgan fingerprint density at radius 3 is 2.17 bits per heavy atom. The van der Waals surface area contributed by atoms with Crippen LogP contribution in [0.3, 0.4) is 0 Å². The maximum atomic E-state index is 10.8. The van der Waals surface area contributed by atoms with Gasteiger partial charge in [0.15, 0.2) is 0 Å². The van der Waals surface area contributed by atoms with Crippen LogP contribution in [0.1, 0.15) is 19.8 Å². The van der Waals surface area contributed by atoms with Gasteiger partial charge in [-0.05, 0) is 18.8 Å². The molecular weight excluding hydrogens is 174 g/mol. The van der Waals surface area contributed by atoms with Crippen molar-refractivity contribution < 1.29 is 8.42 Å². The van der Waals surface area contributed by atoms with E-state index in [0.717, 1.165) is 12.8 Å². The Balaban J connectivity index is 2.23. The Kier molecular flexibility index (Phi) is 1.96. The van der Waals surface area contributed by atoms with Gasteiger partial charge in [0, 0.05) is 12.1 Å². The topological polar surface area (TPSA) is 37.4 Å². The molecule has 0 N–H and O–H groups in total. The molecule has 3 nitrogen and oxygen atoms in total. The van der Waals surface area contributed by atoms with Gasteiger partial charge in [-0.3, -0.25) is 0 Å². The molecule has 2 bridgehead atoms. The molecule has 2 atom stereocenters. The van der Waals surface area contributed by atoms with Gasteiger partial charge in [0.25, 0.3) is 0 Å². The minimum Gasteiger partial charge on any atom is -0.215 e. The number of fused-ring (bicyclic) bond motifs is 2. The number of piperidine rings is 1. The summed E-state index contributed by atoms with van der Waals surface area (Å²) in [5.41, 5.74) is 0. The Hall–Kier alpha value is -0.350. The van der Waals surface area contributed by atoms with E-state index in [2.05, 4.69) is 6.92 Å². The van der Waals surface area contributed by atoms with Gasteiger partial charge in [0.2, 0.25) is 10.9 Å². The molecule has 2 aliphatic rings. The summed E-state index contributed by atoms with van der Waals surface area (Å²) in [6.07, 6.45) is 6.02. The van der Waals surface area contributed by atoms with Crippen LogP contribution >= 0.6 is 0 Å². The van der Waals surface area contributed by atoms with Crippen LogP contribution in [0.25, 0.3) is 0 Å². The normalized spacial score (nSPS) is 41.0. The molecular formula is C8H13NO2S. The molecule has 1 fully saturated rings. The third-order valence-corrected chi connectivity index (χ3v) is 3.68. The molecule has 0 saturated carbocycles. The first-order valence-corrected chi connectivity index (χ1v) is 5.42. The summed E-state index contributed by atoms with van der Waals surface area (Å²) in [7, 11) is -2.38. The third-order valence-electron chi connectivity index (χ3n) is 2.71. The van der Waals surface area contributed by atoms with Crippen molar-refractivity contribution in [3.63, 3.8) is 0 Å². The monoisotopic (exact) mass is 187 g/mol. The smallest absolute Gasteiger partial charge is 0.205 e. The molecule has 0 aromatic heterocycles. The fourth-order valence-corrected chi connectivity index (χ4v) is 3.04. The number of rotatable bonds is 1. The van der Waals surface area contributed by atoms with Crippen molar-refractivity contribution in [2.24, 2.45) is 5.92 Å². The second-order valence-electron chi connectivity index (χ2n) is 3.71. The lowest BCUT2D eigenvalue weighted by Gasteiger charge is -2.33. The van der Waals surface area contributed by atoms with Gasteiger partial charge in [-0.2, -0.15) is 4.31 Å². The molecule has 1 saturated heterocycles. The molecule has 68 valence electrons. The van der Waals surface area contributed by atoms with Gasteiger partial charge >= 0.3 is 0 Å². The summed E-state index contributed by atoms with van der Waals surface area (Å²) in [6, 6.07) is 0.305. The Bertz CT molecular complexity index is 261. The van der Waals surface area contributed by atoms with Gasteiger partial charge in [0.05, 0.1) is 0 Å². The van der Waals surface area contributed by atoms with Gasteiger partial charge < -0.3 is 0 Å². The molecule has 0 aliphatic carbocycles. The lowest BCUT2D eigenvalue weighted by molar-refractivity contribution is 0.221. The molecule has 0 spiro atoms. The van der Waals surface area contributed by atoms with Crippen molar-refractivity contribution in [3.8, 4) is 0 Å². The highest BCUT2D eigenvalue weighted by Crippen LogP contribution is 2.33. The molecule has 0 unspecified atom stereocenters. The van der Waals surface area contributed by atoms with Crippen LogP contribution in [0.2, 0.25) is 0 Å². The van der Waals surface area contributed by atoms with Crippen molar-refractivity contribution in [1.82, 2.24) is 4.31 Å². The minimum absolute atomic E-state index is 0.153. The summed E-state index contributed by atoms with van der Waals surface area (Å²) in [5.74, 6) is 0.654. The number of hydrogen-bond donors (Lipinski definition) is 1. The first kappa shape index (κ1) is 8.26. The van der Waals surface area contributed by atoms with Gasteiger partial charge in [-0.15, -0.1) is 0 Å². The Morgan fingerprint density at radius 1 is 1.25 bits per heavy atom. The fourth-order valence-electron chi connectivity index (χ4n) is 2.21. The SMILES string of the molecule is CC1C[C@@H]2C=C[C@@H](C1)N2[SH](=O)=O. The van der Waals surface area contributed by atoms with Crippen LogP contribution in [-0.4, -0.2) is 24.8 Å². The predicted molar refractivity (Wildman–Crippen MR) is 47.3 cm³/mol. The summed E-state index contributed by atoms with van der Waals surface area (Å²) in [4.78, 5) is 0. The van der Waals surface area contributed by atoms with E-state index in [1.54, 1.807) is 4.31 Å². The third kappa shape index (κ3) is 1.19. The molecule has 12 heavy (non-hydrogen) atoms. The molecule has 0 aromatic rings. The minimum atomic E-state index is -2.38. The van der Waals surface area contributed by atoms with Gasteiger partial charge in [-0.25, -0.2) is 8.42 Å². The largest absolute Gasteiger partial charge is 0.215 e. The zero-order valence-corrected chi connectivity index (χ0v) is 7.91. The van der Waals surface area contributed by atoms with Gasteiger partial charge in [0.1, 0.15) is 0 Å². The quantitative estimate of drug-likeness (QED) is 0.481. The second-order valence-corrected chi connectivity index (χ2v) is 4.65. The van der Waals surface area contributed by atoms with E-state index >= 15 is 0 Å². The van der Waals surface area contributed by atoms with E-state index in [0.29, 0.717) is 5.92 Å². The van der Waals surface area contributed by atoms with Gasteiger partial charge in [-0.1, -0.05) is 19.1 Å². The lowest BCUT2D eigenvalue weighted by Crippen LogP contribution is -2.41. The Morgan fingerprint density at radius 2 is 1.75 bits per heavy atom. The van der Waals surface area contributed by atoms with Crippen molar-refractivity contribution in [2.45, 2.75) is 31.8 Å². The van der Waals surface area contributed by atoms with Crippen molar-refractivity contribution in [2.75, 3.05) is 0 Å². The first-order chi connectivity index (χ1) is 5.68. The molecule has 2 heterocycles. The fraction of sp³-hybridized carbons (Fsp3) is 0.750. The van der Waals surface area contributed by atoms with Crippen LogP contribution in [0.4, 0.5) is 0 Å². The standard InChI is InChI=1S/C8H13NO2S/c1-6-4-7-2-3-8(5-6)9(7)12(10)11/h2-3,6-8,12H,4-5H2,1H3/t7-,8-/m0/s1. The molecule has 0 amide bonds. The summed E-state index contributed by atoms with van der Waals surface area (Å²) in [5, 5.41) is 0. The van der Waals surface area contributed by atoms with E-state index in [4.69, 9.17) is 0 Å². The zero-order valence-electron chi connectivity index (χ0n) is 7.01. The first-order valence-electron chi connectivity index (χ1n) is 4.29. The Labute approximate surface area is 74.1 Å². The van der Waals surface area contributed by atoms with E-state index in [-0.39, 0.29) is 12.1 Å². The summed E-state index contributed by atoms with van der Waals surface area (Å²) < 4.78 is 23.3. The zero-order chi connectivity index (χ0) is 8.72. The molecule has 2 rings (SSSR count). The maximum Gasteiger partial charge on any atom is 0.205 e. The number of nitrogens with zero attached hydrogens (tertiary/aromatic N) is 1. The number of thiol groups is 1. The van der Waals surface area contributed by atoms with E-state index in [1.165, 1.54) is 0 Å². The summed E-state index contributed by atoms with van der Waals surface area (Å²) in [6.45, 7) is 2.18. The van der Waals surface area contributed by atoms with Crippen LogP contribution in [0.5, 0.6) is 0 Å². The number of hydrogen-bond acceptors (Lipinski definition) is 2.